The fraction of sp³-hybridized carbons (Fsp3) is 0.286. The first-order valence-electron chi connectivity index (χ1n) is 11.1. The van der Waals surface area contributed by atoms with Crippen molar-refractivity contribution in [3.05, 3.63) is 108 Å². The van der Waals surface area contributed by atoms with E-state index in [2.05, 4.69) is 23.5 Å². The number of amides is 1. The van der Waals surface area contributed by atoms with Gasteiger partial charge in [-0.05, 0) is 42.4 Å². The molecule has 162 valence electrons. The van der Waals surface area contributed by atoms with E-state index in [4.69, 9.17) is 4.74 Å². The topological polar surface area (TPSA) is 62.1 Å². The maximum absolute atomic E-state index is 12.8. The zero-order valence-electron chi connectivity index (χ0n) is 18.2. The summed E-state index contributed by atoms with van der Waals surface area (Å²) < 4.78 is 6.12. The molecule has 0 aliphatic heterocycles. The van der Waals surface area contributed by atoms with Crippen LogP contribution in [0, 0.1) is 11.3 Å². The quantitative estimate of drug-likeness (QED) is 0.533. The summed E-state index contributed by atoms with van der Waals surface area (Å²) in [6.07, 6.45) is 2.84. The molecular weight excluding hydrogens is 396 g/mol. The molecule has 1 N–H and O–H groups in total. The van der Waals surface area contributed by atoms with E-state index in [1.165, 1.54) is 0 Å². The normalized spacial score (nSPS) is 22.5. The Morgan fingerprint density at radius 2 is 1.34 bits per heavy atom. The highest BCUT2D eigenvalue weighted by molar-refractivity contribution is 5.68. The van der Waals surface area contributed by atoms with Crippen molar-refractivity contribution in [3.63, 3.8) is 0 Å². The number of rotatable bonds is 6. The molecule has 1 fully saturated rings. The summed E-state index contributed by atoms with van der Waals surface area (Å²) in [6.45, 7) is 0.424. The number of hydrogen-bond acceptors (Lipinski definition) is 3. The Bertz CT molecular complexity index is 1050. The molecule has 0 saturated heterocycles. The molecule has 1 amide bonds. The zero-order valence-corrected chi connectivity index (χ0v) is 18.2. The van der Waals surface area contributed by atoms with Crippen LogP contribution in [-0.2, 0) is 23.1 Å². The first-order valence-corrected chi connectivity index (χ1v) is 11.1. The number of nitrogens with zero attached hydrogens (tertiary/aromatic N) is 1. The lowest BCUT2D eigenvalue weighted by Gasteiger charge is -2.43. The smallest absolute Gasteiger partial charge is 0.407 e. The van der Waals surface area contributed by atoms with Crippen LogP contribution in [0.4, 0.5) is 4.79 Å². The molecule has 4 heteroatoms. The summed E-state index contributed by atoms with van der Waals surface area (Å²) >= 11 is 0. The van der Waals surface area contributed by atoms with Crippen LogP contribution >= 0.6 is 0 Å². The molecule has 1 aliphatic rings. The molecule has 0 heterocycles. The molecule has 0 spiro atoms. The molecule has 4 rings (SSSR count). The summed E-state index contributed by atoms with van der Waals surface area (Å²) in [5.74, 6) is 0. The molecule has 4 nitrogen and oxygen atoms in total. The Balaban J connectivity index is 1.50. The lowest BCUT2D eigenvalue weighted by molar-refractivity contribution is -0.0264. The van der Waals surface area contributed by atoms with Crippen molar-refractivity contribution < 1.29 is 9.53 Å². The number of ether oxygens (including phenoxy) is 1. The molecule has 3 aromatic rings. The number of nitriles is 1. The third-order valence-corrected chi connectivity index (χ3v) is 6.51. The molecule has 1 aliphatic carbocycles. The van der Waals surface area contributed by atoms with Gasteiger partial charge in [0, 0.05) is 13.0 Å². The number of alkyl carbamates (subject to hydrolysis) is 1. The lowest BCUT2D eigenvalue weighted by Crippen LogP contribution is -2.47. The second kappa shape index (κ2) is 9.70. The maximum Gasteiger partial charge on any atom is 0.407 e. The van der Waals surface area contributed by atoms with Gasteiger partial charge in [0.15, 0.2) is 0 Å². The Labute approximate surface area is 189 Å². The average molecular weight is 425 g/mol. The highest BCUT2D eigenvalue weighted by Gasteiger charge is 2.46. The highest BCUT2D eigenvalue weighted by atomic mass is 16.6. The van der Waals surface area contributed by atoms with Crippen molar-refractivity contribution in [1.82, 2.24) is 5.32 Å². The molecule has 32 heavy (non-hydrogen) atoms. The largest absolute Gasteiger partial charge is 0.443 e. The van der Waals surface area contributed by atoms with Gasteiger partial charge < -0.3 is 10.1 Å². The van der Waals surface area contributed by atoms with Crippen molar-refractivity contribution in [2.24, 2.45) is 0 Å². The molecule has 3 aromatic carbocycles. The number of nitrogens with one attached hydrogen (secondary N) is 1. The molecule has 0 aromatic heterocycles. The second-order valence-electron chi connectivity index (χ2n) is 8.63. The van der Waals surface area contributed by atoms with Crippen molar-refractivity contribution in [3.8, 4) is 6.07 Å². The van der Waals surface area contributed by atoms with E-state index < -0.39 is 17.1 Å². The van der Waals surface area contributed by atoms with E-state index in [-0.39, 0.29) is 0 Å². The van der Waals surface area contributed by atoms with Gasteiger partial charge in [-0.3, -0.25) is 0 Å². The van der Waals surface area contributed by atoms with E-state index in [0.717, 1.165) is 16.7 Å². The van der Waals surface area contributed by atoms with Gasteiger partial charge in [-0.25, -0.2) is 4.79 Å². The van der Waals surface area contributed by atoms with Crippen molar-refractivity contribution >= 4 is 6.09 Å². The summed E-state index contributed by atoms with van der Waals surface area (Å²) in [7, 11) is 0. The van der Waals surface area contributed by atoms with Crippen LogP contribution in [0.5, 0.6) is 0 Å². The number of carbonyl (C=O) groups excluding carboxylic acids is 1. The summed E-state index contributed by atoms with van der Waals surface area (Å²) in [5.41, 5.74) is 2.04. The van der Waals surface area contributed by atoms with Crippen LogP contribution in [0.15, 0.2) is 91.0 Å². The fourth-order valence-corrected chi connectivity index (χ4v) is 4.64. The fourth-order valence-electron chi connectivity index (χ4n) is 4.64. The van der Waals surface area contributed by atoms with Crippen molar-refractivity contribution in [2.75, 3.05) is 0 Å². The van der Waals surface area contributed by atoms with E-state index >= 15 is 0 Å². The lowest BCUT2D eigenvalue weighted by atomic mass is 9.65. The second-order valence-corrected chi connectivity index (χ2v) is 8.63. The van der Waals surface area contributed by atoms with E-state index in [1.807, 2.05) is 78.9 Å². The molecule has 1 saturated carbocycles. The predicted molar refractivity (Wildman–Crippen MR) is 125 cm³/mol. The molecule has 0 radical (unpaired) electrons. The molecular formula is C28H28N2O2. The van der Waals surface area contributed by atoms with Crippen LogP contribution in [0.2, 0.25) is 0 Å². The van der Waals surface area contributed by atoms with Crippen LogP contribution in [0.25, 0.3) is 0 Å². The maximum atomic E-state index is 12.8. The summed E-state index contributed by atoms with van der Waals surface area (Å²) in [5, 5.41) is 13.0. The minimum Gasteiger partial charge on any atom is -0.443 e. The Morgan fingerprint density at radius 3 is 1.91 bits per heavy atom. The van der Waals surface area contributed by atoms with Crippen LogP contribution in [-0.4, -0.2) is 11.7 Å². The first kappa shape index (κ1) is 21.6. The van der Waals surface area contributed by atoms with E-state index in [9.17, 15) is 10.1 Å². The minimum absolute atomic E-state index is 0.408. The SMILES string of the molecule is N#CC1(c2ccccc2)CCC(Cc2ccccc2)(OC(=O)NCc2ccccc2)CC1. The van der Waals surface area contributed by atoms with Crippen LogP contribution in [0.1, 0.15) is 42.4 Å². The van der Waals surface area contributed by atoms with Gasteiger partial charge in [-0.2, -0.15) is 5.26 Å². The standard InChI is InChI=1S/C28H28N2O2/c29-22-27(25-14-8-3-9-15-25)16-18-28(19-17-27,20-23-10-4-1-5-11-23)32-26(31)30-21-24-12-6-2-7-13-24/h1-15H,16-21H2,(H,30,31). The molecule has 0 unspecified atom stereocenters. The third kappa shape index (κ3) is 5.00. The van der Waals surface area contributed by atoms with Crippen LogP contribution in [0.3, 0.4) is 0 Å². The Hall–Kier alpha value is -3.58. The van der Waals surface area contributed by atoms with Crippen LogP contribution < -0.4 is 5.32 Å². The Morgan fingerprint density at radius 1 is 0.812 bits per heavy atom. The molecule has 0 atom stereocenters. The van der Waals surface area contributed by atoms with Gasteiger partial charge >= 0.3 is 6.09 Å². The monoisotopic (exact) mass is 424 g/mol. The van der Waals surface area contributed by atoms with Crippen molar-refractivity contribution in [1.29, 1.82) is 5.26 Å². The van der Waals surface area contributed by atoms with E-state index in [1.54, 1.807) is 0 Å². The van der Waals surface area contributed by atoms with Gasteiger partial charge in [0.2, 0.25) is 0 Å². The molecule has 0 bridgehead atoms. The van der Waals surface area contributed by atoms with Gasteiger partial charge in [0.05, 0.1) is 11.5 Å². The highest BCUT2D eigenvalue weighted by Crippen LogP contribution is 2.45. The minimum atomic E-state index is -0.628. The number of benzene rings is 3. The number of carbonyl (C=O) groups is 1. The average Bonchev–Trinajstić information content (AvgIpc) is 2.85. The first-order chi connectivity index (χ1) is 15.6. The summed E-state index contributed by atoms with van der Waals surface area (Å²) in [6, 6.07) is 32.5. The summed E-state index contributed by atoms with van der Waals surface area (Å²) in [4.78, 5) is 12.8. The van der Waals surface area contributed by atoms with Gasteiger partial charge in [0.25, 0.3) is 0 Å². The Kier molecular flexibility index (Phi) is 6.56. The van der Waals surface area contributed by atoms with E-state index in [0.29, 0.717) is 38.6 Å². The van der Waals surface area contributed by atoms with Crippen molar-refractivity contribution in [2.45, 2.75) is 49.7 Å². The number of hydrogen-bond donors (Lipinski definition) is 1. The third-order valence-electron chi connectivity index (χ3n) is 6.51. The van der Waals surface area contributed by atoms with Gasteiger partial charge in [-0.1, -0.05) is 91.0 Å². The zero-order chi connectivity index (χ0) is 22.3. The predicted octanol–water partition coefficient (Wildman–Crippen LogP) is 5.93. The van der Waals surface area contributed by atoms with Gasteiger partial charge in [-0.15, -0.1) is 0 Å². The van der Waals surface area contributed by atoms with Gasteiger partial charge in [0.1, 0.15) is 5.60 Å².